The Kier molecular flexibility index (Phi) is 4.37. The lowest BCUT2D eigenvalue weighted by molar-refractivity contribution is 0.311. The van der Waals surface area contributed by atoms with Gasteiger partial charge in [-0.15, -0.1) is 0 Å². The van der Waals surface area contributed by atoms with Crippen molar-refractivity contribution in [3.8, 4) is 11.3 Å². The number of nitrogens with one attached hydrogen (secondary N) is 1. The van der Waals surface area contributed by atoms with E-state index < -0.39 is 0 Å². The highest BCUT2D eigenvalue weighted by atomic mass is 32.2. The van der Waals surface area contributed by atoms with Gasteiger partial charge in [-0.2, -0.15) is 5.10 Å². The number of aromatic nitrogens is 3. The second-order valence-electron chi connectivity index (χ2n) is 6.34. The molecule has 3 aromatic rings. The Morgan fingerprint density at radius 1 is 1.28 bits per heavy atom. The number of nitrogens with zero attached hydrogens (tertiary/aromatic N) is 4. The summed E-state index contributed by atoms with van der Waals surface area (Å²) in [6, 6.07) is 6.24. The minimum Gasteiger partial charge on any atom is -0.395 e. The van der Waals surface area contributed by atoms with Gasteiger partial charge in [-0.05, 0) is 32.3 Å². The summed E-state index contributed by atoms with van der Waals surface area (Å²) in [5, 5.41) is 18.6. The van der Waals surface area contributed by atoms with Crippen molar-refractivity contribution in [3.63, 3.8) is 0 Å². The van der Waals surface area contributed by atoms with E-state index in [4.69, 9.17) is 10.2 Å². The van der Waals surface area contributed by atoms with E-state index in [9.17, 15) is 0 Å². The number of aliphatic hydroxyl groups excluding tert-OH is 1. The highest BCUT2D eigenvalue weighted by Crippen LogP contribution is 2.49. The molecule has 0 bridgehead atoms. The molecule has 2 aromatic heterocycles. The van der Waals surface area contributed by atoms with E-state index in [2.05, 4.69) is 46.1 Å². The Hall–Kier alpha value is -2.09. The van der Waals surface area contributed by atoms with Gasteiger partial charge in [-0.1, -0.05) is 11.8 Å². The van der Waals surface area contributed by atoms with Gasteiger partial charge < -0.3 is 15.3 Å². The largest absolute Gasteiger partial charge is 0.395 e. The molecule has 1 aliphatic rings. The third-order valence-electron chi connectivity index (χ3n) is 4.31. The fourth-order valence-electron chi connectivity index (χ4n) is 3.09. The number of likely N-dealkylation sites (N-methyl/N-ethyl adjacent to an activating group) is 1. The zero-order valence-electron chi connectivity index (χ0n) is 14.4. The highest BCUT2D eigenvalue weighted by Gasteiger charge is 2.26. The molecule has 0 atom stereocenters. The van der Waals surface area contributed by atoms with Crippen LogP contribution in [-0.2, 0) is 6.54 Å². The molecule has 0 radical (unpaired) electrons. The molecule has 0 saturated heterocycles. The maximum Gasteiger partial charge on any atom is 0.104 e. The van der Waals surface area contributed by atoms with Gasteiger partial charge >= 0.3 is 0 Å². The van der Waals surface area contributed by atoms with Crippen molar-refractivity contribution in [2.45, 2.75) is 16.3 Å². The molecule has 0 amide bonds. The summed E-state index contributed by atoms with van der Waals surface area (Å²) in [6.07, 6.45) is 3.72. The number of aliphatic hydroxyl groups is 1. The Labute approximate surface area is 150 Å². The van der Waals surface area contributed by atoms with Crippen molar-refractivity contribution >= 4 is 28.4 Å². The zero-order valence-corrected chi connectivity index (χ0v) is 15.2. The van der Waals surface area contributed by atoms with Crippen LogP contribution in [0.1, 0.15) is 0 Å². The van der Waals surface area contributed by atoms with Crippen LogP contribution in [0, 0.1) is 0 Å². The number of hydrogen-bond acceptors (Lipinski definition) is 6. The lowest BCUT2D eigenvalue weighted by Crippen LogP contribution is -2.19. The molecular weight excluding hydrogens is 334 g/mol. The lowest BCUT2D eigenvalue weighted by Gasteiger charge is -2.18. The summed E-state index contributed by atoms with van der Waals surface area (Å²) in [5.74, 6) is 0. The van der Waals surface area contributed by atoms with E-state index in [-0.39, 0.29) is 6.61 Å². The average Bonchev–Trinajstić information content (AvgIpc) is 2.99. The molecule has 0 aliphatic carbocycles. The average molecular weight is 355 g/mol. The summed E-state index contributed by atoms with van der Waals surface area (Å²) >= 11 is 1.74. The second-order valence-corrected chi connectivity index (χ2v) is 7.39. The Morgan fingerprint density at radius 2 is 2.16 bits per heavy atom. The normalized spacial score (nSPS) is 12.6. The number of anilines is 1. The zero-order chi connectivity index (χ0) is 17.4. The molecule has 1 aliphatic heterocycles. The van der Waals surface area contributed by atoms with Gasteiger partial charge in [-0.3, -0.25) is 9.67 Å². The van der Waals surface area contributed by atoms with Crippen LogP contribution in [0.5, 0.6) is 0 Å². The van der Waals surface area contributed by atoms with Crippen molar-refractivity contribution in [2.24, 2.45) is 0 Å². The molecule has 0 unspecified atom stereocenters. The number of rotatable bonds is 6. The molecule has 0 fully saturated rings. The van der Waals surface area contributed by atoms with E-state index in [1.165, 1.54) is 15.2 Å². The van der Waals surface area contributed by atoms with E-state index >= 15 is 0 Å². The van der Waals surface area contributed by atoms with Gasteiger partial charge in [-0.25, -0.2) is 0 Å². The second kappa shape index (κ2) is 6.67. The van der Waals surface area contributed by atoms with Gasteiger partial charge in [0, 0.05) is 51.9 Å². The number of hydrogen-bond donors (Lipinski definition) is 2. The molecule has 6 nitrogen and oxygen atoms in total. The van der Waals surface area contributed by atoms with Crippen molar-refractivity contribution in [1.82, 2.24) is 19.7 Å². The monoisotopic (exact) mass is 355 g/mol. The minimum atomic E-state index is 0.109. The van der Waals surface area contributed by atoms with Crippen LogP contribution in [-0.4, -0.2) is 58.6 Å². The van der Waals surface area contributed by atoms with Crippen LogP contribution in [0.3, 0.4) is 0 Å². The summed E-state index contributed by atoms with van der Waals surface area (Å²) < 4.78 is 2.09. The Bertz CT molecular complexity index is 921. The molecular formula is C18H21N5OS. The van der Waals surface area contributed by atoms with Gasteiger partial charge in [0.05, 0.1) is 18.7 Å². The molecule has 2 N–H and O–H groups in total. The summed E-state index contributed by atoms with van der Waals surface area (Å²) in [5.41, 5.74) is 4.27. The Balaban J connectivity index is 1.90. The maximum absolute atomic E-state index is 9.16. The molecule has 3 heterocycles. The van der Waals surface area contributed by atoms with Crippen LogP contribution in [0.15, 0.2) is 40.4 Å². The van der Waals surface area contributed by atoms with Crippen molar-refractivity contribution in [2.75, 3.05) is 39.1 Å². The van der Waals surface area contributed by atoms with Crippen LogP contribution >= 0.6 is 11.8 Å². The van der Waals surface area contributed by atoms with E-state index in [0.717, 1.165) is 35.6 Å². The number of fused-ring (bicyclic) bond motifs is 2. The third-order valence-corrected chi connectivity index (χ3v) is 5.51. The fourth-order valence-corrected chi connectivity index (χ4v) is 4.25. The van der Waals surface area contributed by atoms with Crippen molar-refractivity contribution in [3.05, 3.63) is 30.6 Å². The van der Waals surface area contributed by atoms with Crippen molar-refractivity contribution < 1.29 is 5.11 Å². The topological polar surface area (TPSA) is 66.2 Å². The molecule has 0 spiro atoms. The molecule has 1 aromatic carbocycles. The minimum absolute atomic E-state index is 0.109. The van der Waals surface area contributed by atoms with Gasteiger partial charge in [0.1, 0.15) is 5.69 Å². The van der Waals surface area contributed by atoms with Crippen molar-refractivity contribution in [1.29, 1.82) is 0 Å². The molecule has 25 heavy (non-hydrogen) atoms. The standard InChI is InChI=1S/C18H21N5OS/c1-22(2)8-9-23-14-4-3-13(20-7-10-24)18-16(14)17(21-23)12-11-19-6-5-15(12)25-18/h3-6,11,20,24H,7-10H2,1-2H3. The first-order valence-corrected chi connectivity index (χ1v) is 9.16. The van der Waals surface area contributed by atoms with Gasteiger partial charge in [0.25, 0.3) is 0 Å². The first kappa shape index (κ1) is 16.4. The summed E-state index contributed by atoms with van der Waals surface area (Å²) in [7, 11) is 4.14. The lowest BCUT2D eigenvalue weighted by atomic mass is 10.1. The number of benzene rings is 1. The SMILES string of the molecule is CN(C)CCn1nc2c3c(c(NCCO)ccc31)Sc1ccncc1-2. The van der Waals surface area contributed by atoms with Crippen LogP contribution in [0.2, 0.25) is 0 Å². The smallest absolute Gasteiger partial charge is 0.104 e. The summed E-state index contributed by atoms with van der Waals surface area (Å²) in [4.78, 5) is 8.80. The Morgan fingerprint density at radius 3 is 2.96 bits per heavy atom. The quantitative estimate of drug-likeness (QED) is 0.554. The van der Waals surface area contributed by atoms with E-state index in [1.807, 2.05) is 18.5 Å². The van der Waals surface area contributed by atoms with E-state index in [1.54, 1.807) is 11.8 Å². The molecule has 7 heteroatoms. The van der Waals surface area contributed by atoms with Gasteiger partial charge in [0.15, 0.2) is 0 Å². The predicted octanol–water partition coefficient (Wildman–Crippen LogP) is 2.53. The summed E-state index contributed by atoms with van der Waals surface area (Å²) in [6.45, 7) is 2.42. The fraction of sp³-hybridized carbons (Fsp3) is 0.333. The van der Waals surface area contributed by atoms with Gasteiger partial charge in [0.2, 0.25) is 0 Å². The van der Waals surface area contributed by atoms with Crippen LogP contribution in [0.4, 0.5) is 5.69 Å². The first-order chi connectivity index (χ1) is 12.2. The maximum atomic E-state index is 9.16. The van der Waals surface area contributed by atoms with Crippen LogP contribution < -0.4 is 5.32 Å². The van der Waals surface area contributed by atoms with E-state index in [0.29, 0.717) is 6.54 Å². The van der Waals surface area contributed by atoms with Crippen LogP contribution in [0.25, 0.3) is 22.2 Å². The third kappa shape index (κ3) is 2.88. The first-order valence-electron chi connectivity index (χ1n) is 8.34. The number of pyridine rings is 1. The highest BCUT2D eigenvalue weighted by molar-refractivity contribution is 8.00. The predicted molar refractivity (Wildman–Crippen MR) is 101 cm³/mol. The molecule has 0 saturated carbocycles. The molecule has 4 rings (SSSR count). The molecule has 130 valence electrons.